The highest BCUT2D eigenvalue weighted by molar-refractivity contribution is 7.16. The first-order valence-corrected chi connectivity index (χ1v) is 11.2. The van der Waals surface area contributed by atoms with Gasteiger partial charge in [-0.25, -0.2) is 0 Å². The molecular weight excluding hydrogens is 463 g/mol. The number of hydrogen-bond acceptors (Lipinski definition) is 3. The number of rotatable bonds is 6. The summed E-state index contributed by atoms with van der Waals surface area (Å²) in [5, 5.41) is 1.36. The van der Waals surface area contributed by atoms with Gasteiger partial charge in [0.15, 0.2) is 0 Å². The molecule has 0 N–H and O–H groups in total. The van der Waals surface area contributed by atoms with Crippen LogP contribution in [0.3, 0.4) is 0 Å². The van der Waals surface area contributed by atoms with E-state index in [1.807, 2.05) is 13.8 Å². The highest BCUT2D eigenvalue weighted by atomic mass is 35.5. The maximum absolute atomic E-state index is 13.5. The van der Waals surface area contributed by atoms with Gasteiger partial charge >= 0.3 is 0 Å². The van der Waals surface area contributed by atoms with E-state index in [9.17, 15) is 9.59 Å². The molecule has 0 aliphatic carbocycles. The second-order valence-electron chi connectivity index (χ2n) is 6.36. The van der Waals surface area contributed by atoms with Crippen LogP contribution in [-0.4, -0.2) is 29.8 Å². The smallest absolute Gasteiger partial charge is 0.274 e. The van der Waals surface area contributed by atoms with Crippen molar-refractivity contribution in [1.82, 2.24) is 4.90 Å². The van der Waals surface area contributed by atoms with Crippen molar-refractivity contribution < 1.29 is 9.59 Å². The number of hydrogen-bond donors (Lipinski definition) is 0. The van der Waals surface area contributed by atoms with Crippen molar-refractivity contribution in [3.63, 3.8) is 0 Å². The second-order valence-corrected chi connectivity index (χ2v) is 8.69. The second kappa shape index (κ2) is 9.84. The lowest BCUT2D eigenvalue weighted by Gasteiger charge is -2.23. The molecule has 0 radical (unpaired) electrons. The Morgan fingerprint density at radius 2 is 1.27 bits per heavy atom. The first-order chi connectivity index (χ1) is 14.3. The van der Waals surface area contributed by atoms with E-state index in [2.05, 4.69) is 0 Å². The third-order valence-electron chi connectivity index (χ3n) is 4.52. The molecule has 0 saturated carbocycles. The molecule has 2 aromatic carbocycles. The zero-order valence-corrected chi connectivity index (χ0v) is 19.4. The summed E-state index contributed by atoms with van der Waals surface area (Å²) in [4.78, 5) is 30.2. The number of halogens is 3. The third-order valence-corrected chi connectivity index (χ3v) is 6.54. The SMILES string of the molecule is CCN(CC)C(=O)c1cc(Cl)c(C(=O)N(c2ccc(Cl)cc2)c2ccc(Cl)cc2)s1. The van der Waals surface area contributed by atoms with Gasteiger partial charge in [0.1, 0.15) is 4.88 Å². The van der Waals surface area contributed by atoms with Crippen LogP contribution >= 0.6 is 46.1 Å². The fourth-order valence-corrected chi connectivity index (χ4v) is 4.52. The Bertz CT molecular complexity index is 1000. The predicted octanol–water partition coefficient (Wildman–Crippen LogP) is 7.17. The van der Waals surface area contributed by atoms with Crippen molar-refractivity contribution in [2.75, 3.05) is 18.0 Å². The topological polar surface area (TPSA) is 40.6 Å². The Kier molecular flexibility index (Phi) is 7.42. The molecule has 2 amide bonds. The summed E-state index contributed by atoms with van der Waals surface area (Å²) in [6.45, 7) is 4.97. The lowest BCUT2D eigenvalue weighted by atomic mass is 10.2. The van der Waals surface area contributed by atoms with Crippen molar-refractivity contribution in [2.24, 2.45) is 0 Å². The van der Waals surface area contributed by atoms with E-state index in [1.54, 1.807) is 59.5 Å². The molecule has 0 fully saturated rings. The molecule has 156 valence electrons. The van der Waals surface area contributed by atoms with Crippen molar-refractivity contribution in [3.8, 4) is 0 Å². The quantitative estimate of drug-likeness (QED) is 0.374. The van der Waals surface area contributed by atoms with Crippen LogP contribution in [0.5, 0.6) is 0 Å². The Labute approximate surface area is 194 Å². The molecule has 0 atom stereocenters. The van der Waals surface area contributed by atoms with Crippen molar-refractivity contribution in [3.05, 3.63) is 79.4 Å². The number of thiophene rings is 1. The molecule has 0 aliphatic heterocycles. The standard InChI is InChI=1S/C22H19Cl3N2O2S/c1-3-26(4-2)21(28)19-13-18(25)20(30-19)22(29)27(16-9-5-14(23)6-10-16)17-11-7-15(24)8-12-17/h5-13H,3-4H2,1-2H3. The minimum absolute atomic E-state index is 0.143. The summed E-state index contributed by atoms with van der Waals surface area (Å²) in [7, 11) is 0. The normalized spacial score (nSPS) is 10.7. The molecule has 1 aromatic heterocycles. The van der Waals surface area contributed by atoms with Crippen LogP contribution in [0.4, 0.5) is 11.4 Å². The van der Waals surface area contributed by atoms with Gasteiger partial charge in [-0.1, -0.05) is 34.8 Å². The maximum Gasteiger partial charge on any atom is 0.274 e. The Morgan fingerprint density at radius 1 is 0.800 bits per heavy atom. The summed E-state index contributed by atoms with van der Waals surface area (Å²) in [5.74, 6) is -0.483. The minimum Gasteiger partial charge on any atom is -0.339 e. The summed E-state index contributed by atoms with van der Waals surface area (Å²) < 4.78 is 0. The van der Waals surface area contributed by atoms with Crippen molar-refractivity contribution in [1.29, 1.82) is 0 Å². The molecule has 0 saturated heterocycles. The van der Waals surface area contributed by atoms with Gasteiger partial charge in [0.05, 0.1) is 9.90 Å². The average Bonchev–Trinajstić information content (AvgIpc) is 3.13. The number of anilines is 2. The average molecular weight is 482 g/mol. The van der Waals surface area contributed by atoms with Gasteiger partial charge in [-0.15, -0.1) is 11.3 Å². The Hall–Kier alpha value is -2.05. The van der Waals surface area contributed by atoms with Crippen LogP contribution in [0.2, 0.25) is 15.1 Å². The third kappa shape index (κ3) is 4.81. The fraction of sp³-hybridized carbons (Fsp3) is 0.182. The monoisotopic (exact) mass is 480 g/mol. The van der Waals surface area contributed by atoms with Crippen LogP contribution in [0.15, 0.2) is 54.6 Å². The number of benzene rings is 2. The Morgan fingerprint density at radius 3 is 1.70 bits per heavy atom. The molecule has 0 bridgehead atoms. The fourth-order valence-electron chi connectivity index (χ4n) is 2.95. The molecule has 0 aliphatic rings. The molecule has 4 nitrogen and oxygen atoms in total. The van der Waals surface area contributed by atoms with Crippen LogP contribution in [0.25, 0.3) is 0 Å². The van der Waals surface area contributed by atoms with E-state index in [4.69, 9.17) is 34.8 Å². The van der Waals surface area contributed by atoms with E-state index >= 15 is 0 Å². The lowest BCUT2D eigenvalue weighted by molar-refractivity contribution is 0.0777. The van der Waals surface area contributed by atoms with Gasteiger partial charge < -0.3 is 4.90 Å². The first-order valence-electron chi connectivity index (χ1n) is 9.29. The molecule has 0 spiro atoms. The number of carbonyl (C=O) groups is 2. The summed E-state index contributed by atoms with van der Waals surface area (Å²) >= 11 is 19.5. The summed E-state index contributed by atoms with van der Waals surface area (Å²) in [6.07, 6.45) is 0. The lowest BCUT2D eigenvalue weighted by Crippen LogP contribution is -2.29. The van der Waals surface area contributed by atoms with E-state index in [0.29, 0.717) is 39.4 Å². The molecule has 30 heavy (non-hydrogen) atoms. The zero-order valence-electron chi connectivity index (χ0n) is 16.4. The van der Waals surface area contributed by atoms with E-state index in [0.717, 1.165) is 11.3 Å². The molecule has 3 aromatic rings. The number of nitrogens with zero attached hydrogens (tertiary/aromatic N) is 2. The predicted molar refractivity (Wildman–Crippen MR) is 126 cm³/mol. The largest absolute Gasteiger partial charge is 0.339 e. The van der Waals surface area contributed by atoms with E-state index in [1.165, 1.54) is 4.90 Å². The van der Waals surface area contributed by atoms with E-state index < -0.39 is 0 Å². The van der Waals surface area contributed by atoms with Gasteiger partial charge in [0.25, 0.3) is 11.8 Å². The molecule has 1 heterocycles. The van der Waals surface area contributed by atoms with Gasteiger partial charge in [0.2, 0.25) is 0 Å². The number of carbonyl (C=O) groups excluding carboxylic acids is 2. The van der Waals surface area contributed by atoms with E-state index in [-0.39, 0.29) is 21.7 Å². The van der Waals surface area contributed by atoms with Crippen LogP contribution < -0.4 is 4.90 Å². The van der Waals surface area contributed by atoms with Gasteiger partial charge in [-0.2, -0.15) is 0 Å². The zero-order chi connectivity index (χ0) is 21.8. The van der Waals surface area contributed by atoms with Crippen LogP contribution in [-0.2, 0) is 0 Å². The molecular formula is C22H19Cl3N2O2S. The number of amides is 2. The van der Waals surface area contributed by atoms with Gasteiger partial charge in [-0.05, 0) is 68.4 Å². The summed E-state index contributed by atoms with van der Waals surface area (Å²) in [5.41, 5.74) is 1.24. The molecule has 8 heteroatoms. The van der Waals surface area contributed by atoms with Crippen molar-refractivity contribution >= 4 is 69.3 Å². The minimum atomic E-state index is -0.340. The first kappa shape index (κ1) is 22.6. The van der Waals surface area contributed by atoms with Crippen LogP contribution in [0, 0.1) is 0 Å². The van der Waals surface area contributed by atoms with Crippen LogP contribution in [0.1, 0.15) is 33.2 Å². The molecule has 0 unspecified atom stereocenters. The van der Waals surface area contributed by atoms with Gasteiger partial charge in [0, 0.05) is 34.5 Å². The maximum atomic E-state index is 13.5. The van der Waals surface area contributed by atoms with Gasteiger partial charge in [-0.3, -0.25) is 14.5 Å². The Balaban J connectivity index is 2.04. The highest BCUT2D eigenvalue weighted by Crippen LogP contribution is 2.35. The highest BCUT2D eigenvalue weighted by Gasteiger charge is 2.27. The summed E-state index contributed by atoms with van der Waals surface area (Å²) in [6, 6.07) is 15.4. The van der Waals surface area contributed by atoms with Crippen molar-refractivity contribution in [2.45, 2.75) is 13.8 Å². The molecule has 3 rings (SSSR count).